The highest BCUT2D eigenvalue weighted by atomic mass is 16.5. The topological polar surface area (TPSA) is 50.1 Å². The Balaban J connectivity index is 0.000000383. The fourth-order valence-corrected chi connectivity index (χ4v) is 3.86. The zero-order valence-electron chi connectivity index (χ0n) is 13.7. The fraction of sp³-hybridized carbons (Fsp3) is 0.889. The number of hydrogen-bond donors (Lipinski definition) is 0. The average Bonchev–Trinajstić information content (AvgIpc) is 2.51. The van der Waals surface area contributed by atoms with Crippen LogP contribution in [-0.4, -0.2) is 20.0 Å². The first-order chi connectivity index (χ1) is 10.2. The van der Waals surface area contributed by atoms with Gasteiger partial charge in [-0.25, -0.2) is 0 Å². The minimum absolute atomic E-state index is 0.0139. The molecule has 0 bridgehead atoms. The van der Waals surface area contributed by atoms with Crippen LogP contribution in [0.1, 0.15) is 64.7 Å². The van der Waals surface area contributed by atoms with Crippen molar-refractivity contribution in [2.75, 3.05) is 13.7 Å². The Kier molecular flexibility index (Phi) is 9.34. The molecule has 0 aromatic heterocycles. The van der Waals surface area contributed by atoms with Crippen molar-refractivity contribution in [3.05, 3.63) is 0 Å². The van der Waals surface area contributed by atoms with Gasteiger partial charge in [0, 0.05) is 13.7 Å². The Morgan fingerprint density at radius 2 is 1.57 bits per heavy atom. The molecule has 2 aliphatic rings. The maximum atomic E-state index is 9.18. The largest absolute Gasteiger partial charge is 0.384 e. The Hall–Kier alpha value is -0.880. The number of aldehydes is 1. The van der Waals surface area contributed by atoms with Gasteiger partial charge in [-0.15, -0.1) is 0 Å². The van der Waals surface area contributed by atoms with E-state index >= 15 is 0 Å². The van der Waals surface area contributed by atoms with E-state index < -0.39 is 0 Å². The van der Waals surface area contributed by atoms with Gasteiger partial charge in [-0.3, -0.25) is 0 Å². The molecule has 2 rings (SSSR count). The summed E-state index contributed by atoms with van der Waals surface area (Å²) in [5.41, 5.74) is 0. The monoisotopic (exact) mass is 293 g/mol. The lowest BCUT2D eigenvalue weighted by Gasteiger charge is -2.37. The van der Waals surface area contributed by atoms with Gasteiger partial charge in [0.05, 0.1) is 12.5 Å². The van der Waals surface area contributed by atoms with Crippen molar-refractivity contribution in [3.63, 3.8) is 0 Å². The third-order valence-corrected chi connectivity index (χ3v) is 5.20. The fourth-order valence-electron chi connectivity index (χ4n) is 3.86. The van der Waals surface area contributed by atoms with Crippen LogP contribution in [0.3, 0.4) is 0 Å². The number of ether oxygens (including phenoxy) is 1. The summed E-state index contributed by atoms with van der Waals surface area (Å²) in [6, 6.07) is 1.65. The highest BCUT2D eigenvalue weighted by Crippen LogP contribution is 2.41. The first-order valence-electron chi connectivity index (χ1n) is 8.50. The van der Waals surface area contributed by atoms with Crippen molar-refractivity contribution >= 4 is 6.29 Å². The van der Waals surface area contributed by atoms with Gasteiger partial charge < -0.3 is 9.53 Å². The number of carbonyl (C=O) groups excluding carboxylic acids is 1. The maximum absolute atomic E-state index is 9.18. The Bertz CT molecular complexity index is 308. The lowest BCUT2D eigenvalue weighted by atomic mass is 9.69. The molecule has 120 valence electrons. The number of nitriles is 1. The van der Waals surface area contributed by atoms with Gasteiger partial charge in [-0.05, 0) is 62.2 Å². The third kappa shape index (κ3) is 7.09. The molecule has 0 amide bonds. The first-order valence-corrected chi connectivity index (χ1v) is 8.50. The summed E-state index contributed by atoms with van der Waals surface area (Å²) in [6.07, 6.45) is 12.4. The van der Waals surface area contributed by atoms with E-state index in [4.69, 9.17) is 10.00 Å². The second-order valence-electron chi connectivity index (χ2n) is 6.79. The standard InChI is InChI=1S/C15H28O.C3H3NO/c1-12-3-7-14(8-4-12)15-9-5-13(6-10-15)11-16-2;4-2-1-3-5/h12-15H,3-11H2,1-2H3;3H,1H2. The molecule has 0 heterocycles. The van der Waals surface area contributed by atoms with Crippen LogP contribution < -0.4 is 0 Å². The van der Waals surface area contributed by atoms with Crippen LogP contribution in [0.15, 0.2) is 0 Å². The lowest BCUT2D eigenvalue weighted by molar-refractivity contribution is -0.107. The molecule has 2 saturated carbocycles. The first kappa shape index (κ1) is 18.2. The van der Waals surface area contributed by atoms with E-state index in [0.717, 1.165) is 30.3 Å². The van der Waals surface area contributed by atoms with Crippen molar-refractivity contribution in [1.82, 2.24) is 0 Å². The van der Waals surface area contributed by atoms with E-state index in [1.54, 1.807) is 6.07 Å². The predicted octanol–water partition coefficient (Wildman–Crippen LogP) is 4.36. The van der Waals surface area contributed by atoms with Gasteiger partial charge in [-0.2, -0.15) is 5.26 Å². The number of hydrogen-bond acceptors (Lipinski definition) is 3. The Morgan fingerprint density at radius 1 is 1.05 bits per heavy atom. The van der Waals surface area contributed by atoms with E-state index in [1.165, 1.54) is 51.4 Å². The van der Waals surface area contributed by atoms with Gasteiger partial charge in [0.1, 0.15) is 6.29 Å². The van der Waals surface area contributed by atoms with Crippen LogP contribution in [0.2, 0.25) is 0 Å². The zero-order valence-corrected chi connectivity index (χ0v) is 13.7. The molecule has 21 heavy (non-hydrogen) atoms. The van der Waals surface area contributed by atoms with Gasteiger partial charge >= 0.3 is 0 Å². The Morgan fingerprint density at radius 3 is 1.95 bits per heavy atom. The zero-order chi connectivity index (χ0) is 15.5. The molecule has 2 fully saturated rings. The highest BCUT2D eigenvalue weighted by molar-refractivity contribution is 5.52. The van der Waals surface area contributed by atoms with Crippen molar-refractivity contribution in [2.24, 2.45) is 23.7 Å². The summed E-state index contributed by atoms with van der Waals surface area (Å²) >= 11 is 0. The summed E-state index contributed by atoms with van der Waals surface area (Å²) < 4.78 is 5.28. The smallest absolute Gasteiger partial charge is 0.134 e. The van der Waals surface area contributed by atoms with E-state index in [2.05, 4.69) is 6.92 Å². The van der Waals surface area contributed by atoms with Crippen LogP contribution in [0.4, 0.5) is 0 Å². The molecular formula is C18H31NO2. The molecule has 3 heteroatoms. The number of nitrogens with zero attached hydrogens (tertiary/aromatic N) is 1. The minimum atomic E-state index is 0.0139. The summed E-state index contributed by atoms with van der Waals surface area (Å²) in [4.78, 5) is 9.18. The quantitative estimate of drug-likeness (QED) is 0.723. The maximum Gasteiger partial charge on any atom is 0.134 e. The second kappa shape index (κ2) is 10.8. The van der Waals surface area contributed by atoms with E-state index in [9.17, 15) is 4.79 Å². The molecule has 0 spiro atoms. The molecular weight excluding hydrogens is 262 g/mol. The third-order valence-electron chi connectivity index (χ3n) is 5.20. The van der Waals surface area contributed by atoms with Crippen molar-refractivity contribution in [2.45, 2.75) is 64.7 Å². The van der Waals surface area contributed by atoms with E-state index in [0.29, 0.717) is 6.29 Å². The average molecular weight is 293 g/mol. The summed E-state index contributed by atoms with van der Waals surface area (Å²) in [7, 11) is 1.84. The van der Waals surface area contributed by atoms with Crippen LogP contribution in [0.5, 0.6) is 0 Å². The number of rotatable bonds is 4. The van der Waals surface area contributed by atoms with Crippen molar-refractivity contribution in [3.8, 4) is 6.07 Å². The van der Waals surface area contributed by atoms with Crippen LogP contribution in [0, 0.1) is 35.0 Å². The number of methoxy groups -OCH3 is 1. The van der Waals surface area contributed by atoms with Gasteiger partial charge in [0.2, 0.25) is 0 Å². The van der Waals surface area contributed by atoms with Crippen molar-refractivity contribution in [1.29, 1.82) is 5.26 Å². The summed E-state index contributed by atoms with van der Waals surface area (Å²) in [5, 5.41) is 7.58. The van der Waals surface area contributed by atoms with Gasteiger partial charge in [0.15, 0.2) is 0 Å². The minimum Gasteiger partial charge on any atom is -0.384 e. The van der Waals surface area contributed by atoms with Crippen LogP contribution in [0.25, 0.3) is 0 Å². The van der Waals surface area contributed by atoms with Crippen LogP contribution in [-0.2, 0) is 9.53 Å². The molecule has 0 saturated heterocycles. The molecule has 3 nitrogen and oxygen atoms in total. The molecule has 0 N–H and O–H groups in total. The van der Waals surface area contributed by atoms with Gasteiger partial charge in [0.25, 0.3) is 0 Å². The number of carbonyl (C=O) groups is 1. The molecule has 0 unspecified atom stereocenters. The Labute approximate surface area is 130 Å². The van der Waals surface area contributed by atoms with Crippen LogP contribution >= 0.6 is 0 Å². The summed E-state index contributed by atoms with van der Waals surface area (Å²) in [6.45, 7) is 3.42. The SMILES string of the molecule is COCC1CCC(C2CCC(C)CC2)CC1.N#CCC=O. The second-order valence-corrected chi connectivity index (χ2v) is 6.79. The van der Waals surface area contributed by atoms with E-state index in [-0.39, 0.29) is 6.42 Å². The molecule has 2 aliphatic carbocycles. The normalized spacial score (nSPS) is 32.4. The molecule has 0 aliphatic heterocycles. The van der Waals surface area contributed by atoms with Crippen molar-refractivity contribution < 1.29 is 9.53 Å². The predicted molar refractivity (Wildman–Crippen MR) is 84.7 cm³/mol. The van der Waals surface area contributed by atoms with E-state index in [1.807, 2.05) is 7.11 Å². The molecule has 0 atom stereocenters. The lowest BCUT2D eigenvalue weighted by Crippen LogP contribution is -2.26. The molecule has 0 aromatic rings. The highest BCUT2D eigenvalue weighted by Gasteiger charge is 2.29. The summed E-state index contributed by atoms with van der Waals surface area (Å²) in [5.74, 6) is 3.99. The molecule has 0 aromatic carbocycles. The van der Waals surface area contributed by atoms with Gasteiger partial charge in [-0.1, -0.05) is 19.8 Å². The molecule has 0 radical (unpaired) electrons.